The Morgan fingerprint density at radius 1 is 1.16 bits per heavy atom. The zero-order valence-electron chi connectivity index (χ0n) is 22.7. The van der Waals surface area contributed by atoms with E-state index in [9.17, 15) is 4.79 Å². The van der Waals surface area contributed by atoms with Crippen molar-refractivity contribution in [2.45, 2.75) is 59.8 Å². The van der Waals surface area contributed by atoms with Gasteiger partial charge in [-0.2, -0.15) is 5.10 Å². The van der Waals surface area contributed by atoms with Crippen LogP contribution in [0.1, 0.15) is 70.1 Å². The molecule has 3 aromatic rings. The van der Waals surface area contributed by atoms with E-state index in [0.29, 0.717) is 28.8 Å². The monoisotopic (exact) mass is 543 g/mol. The van der Waals surface area contributed by atoms with Crippen LogP contribution in [0.25, 0.3) is 16.7 Å². The molecule has 1 aliphatic heterocycles. The van der Waals surface area contributed by atoms with Crippen LogP contribution in [0.5, 0.6) is 5.75 Å². The maximum atomic E-state index is 13.5. The van der Waals surface area contributed by atoms with Crippen LogP contribution in [0.2, 0.25) is 10.2 Å². The molecule has 0 saturated carbocycles. The van der Waals surface area contributed by atoms with Crippen molar-refractivity contribution in [3.05, 3.63) is 75.5 Å². The van der Waals surface area contributed by atoms with Crippen molar-refractivity contribution < 1.29 is 9.53 Å². The summed E-state index contributed by atoms with van der Waals surface area (Å²) in [5.74, 6) is 0.870. The third-order valence-corrected chi connectivity index (χ3v) is 6.74. The molecule has 2 aromatic carbocycles. The van der Waals surface area contributed by atoms with Crippen LogP contribution in [-0.2, 0) is 11.2 Å². The van der Waals surface area contributed by atoms with Crippen LogP contribution >= 0.6 is 23.2 Å². The van der Waals surface area contributed by atoms with Crippen molar-refractivity contribution in [3.8, 4) is 16.9 Å². The SMILES string of the molecule is C/C=C(/C(=O)C1COc2ccc(Cl)cc2C1)c1ccc(-c2cn[nH]c2Cl)cc1C(C)C.CCCC.CN. The Labute approximate surface area is 231 Å². The molecule has 200 valence electrons. The van der Waals surface area contributed by atoms with E-state index in [1.165, 1.54) is 19.9 Å². The lowest BCUT2D eigenvalue weighted by atomic mass is 9.83. The fourth-order valence-corrected chi connectivity index (χ4v) is 4.51. The largest absolute Gasteiger partial charge is 0.493 e. The Morgan fingerprint density at radius 2 is 1.86 bits per heavy atom. The minimum absolute atomic E-state index is 0.0871. The molecular weight excluding hydrogens is 505 g/mol. The van der Waals surface area contributed by atoms with Gasteiger partial charge in [-0.15, -0.1) is 0 Å². The molecule has 1 unspecified atom stereocenters. The molecule has 1 atom stereocenters. The number of unbranched alkanes of at least 4 members (excludes halogenated alkanes) is 1. The normalized spacial score (nSPS) is 14.5. The van der Waals surface area contributed by atoms with Crippen LogP contribution in [0.3, 0.4) is 0 Å². The summed E-state index contributed by atoms with van der Waals surface area (Å²) in [6.07, 6.45) is 6.87. The van der Waals surface area contributed by atoms with E-state index >= 15 is 0 Å². The minimum atomic E-state index is -0.250. The van der Waals surface area contributed by atoms with Crippen molar-refractivity contribution in [2.75, 3.05) is 13.7 Å². The first-order chi connectivity index (χ1) is 17.8. The van der Waals surface area contributed by atoms with E-state index in [1.54, 1.807) is 6.20 Å². The van der Waals surface area contributed by atoms with Crippen LogP contribution in [0, 0.1) is 5.92 Å². The third-order valence-electron chi connectivity index (χ3n) is 6.22. The highest BCUT2D eigenvalue weighted by atomic mass is 35.5. The molecule has 0 fully saturated rings. The van der Waals surface area contributed by atoms with Gasteiger partial charge in [0.05, 0.1) is 18.7 Å². The highest BCUT2D eigenvalue weighted by Gasteiger charge is 2.29. The zero-order chi connectivity index (χ0) is 27.5. The van der Waals surface area contributed by atoms with Gasteiger partial charge in [0.15, 0.2) is 5.78 Å². The van der Waals surface area contributed by atoms with E-state index in [1.807, 2.05) is 43.3 Å². The molecule has 2 heterocycles. The molecule has 4 rings (SSSR count). The van der Waals surface area contributed by atoms with Gasteiger partial charge in [-0.05, 0) is 66.8 Å². The predicted molar refractivity (Wildman–Crippen MR) is 157 cm³/mol. The summed E-state index contributed by atoms with van der Waals surface area (Å²) < 4.78 is 5.87. The molecule has 0 bridgehead atoms. The van der Waals surface area contributed by atoms with Crippen LogP contribution in [0.15, 0.2) is 48.7 Å². The van der Waals surface area contributed by atoms with Crippen molar-refractivity contribution >= 4 is 34.6 Å². The molecular formula is C30H39Cl2N3O2. The average Bonchev–Trinajstić information content (AvgIpc) is 3.35. The van der Waals surface area contributed by atoms with Crippen LogP contribution in [0.4, 0.5) is 0 Å². The minimum Gasteiger partial charge on any atom is -0.493 e. The fraction of sp³-hybridized carbons (Fsp3) is 0.400. The number of hydrogen-bond donors (Lipinski definition) is 2. The number of allylic oxidation sites excluding steroid dienone is 2. The van der Waals surface area contributed by atoms with Gasteiger partial charge in [0.25, 0.3) is 0 Å². The maximum Gasteiger partial charge on any atom is 0.169 e. The number of Topliss-reactive ketones (excluding diaryl/α,β-unsaturated/α-hetero) is 1. The van der Waals surface area contributed by atoms with E-state index < -0.39 is 0 Å². The molecule has 5 nitrogen and oxygen atoms in total. The average molecular weight is 545 g/mol. The van der Waals surface area contributed by atoms with Gasteiger partial charge < -0.3 is 10.5 Å². The number of benzene rings is 2. The Balaban J connectivity index is 0.000000733. The molecule has 1 aliphatic rings. The van der Waals surface area contributed by atoms with E-state index in [-0.39, 0.29) is 17.6 Å². The lowest BCUT2D eigenvalue weighted by Crippen LogP contribution is -2.29. The van der Waals surface area contributed by atoms with Gasteiger partial charge in [0.2, 0.25) is 0 Å². The lowest BCUT2D eigenvalue weighted by Gasteiger charge is -2.26. The lowest BCUT2D eigenvalue weighted by molar-refractivity contribution is -0.118. The second kappa shape index (κ2) is 15.0. The van der Waals surface area contributed by atoms with E-state index in [2.05, 4.69) is 49.7 Å². The molecule has 0 aliphatic carbocycles. The molecule has 3 N–H and O–H groups in total. The first kappa shape index (κ1) is 30.6. The van der Waals surface area contributed by atoms with E-state index in [0.717, 1.165) is 33.6 Å². The summed E-state index contributed by atoms with van der Waals surface area (Å²) in [7, 11) is 1.50. The molecule has 37 heavy (non-hydrogen) atoms. The van der Waals surface area contributed by atoms with Crippen molar-refractivity contribution in [1.29, 1.82) is 0 Å². The number of fused-ring (bicyclic) bond motifs is 1. The number of carbonyl (C=O) groups is 1. The van der Waals surface area contributed by atoms with Gasteiger partial charge in [-0.25, -0.2) is 0 Å². The highest BCUT2D eigenvalue weighted by Crippen LogP contribution is 2.36. The Kier molecular flexibility index (Phi) is 12.4. The second-order valence-electron chi connectivity index (χ2n) is 9.09. The first-order valence-corrected chi connectivity index (χ1v) is 13.6. The molecule has 7 heteroatoms. The fourth-order valence-electron chi connectivity index (χ4n) is 4.11. The number of aromatic amines is 1. The topological polar surface area (TPSA) is 81.0 Å². The van der Waals surface area contributed by atoms with Gasteiger partial charge in [0, 0.05) is 16.2 Å². The number of carbonyl (C=O) groups excluding carboxylic acids is 1. The molecule has 0 saturated heterocycles. The first-order valence-electron chi connectivity index (χ1n) is 12.8. The van der Waals surface area contributed by atoms with Crippen molar-refractivity contribution in [3.63, 3.8) is 0 Å². The summed E-state index contributed by atoms with van der Waals surface area (Å²) in [6.45, 7) is 10.9. The highest BCUT2D eigenvalue weighted by molar-refractivity contribution is 6.32. The number of ketones is 1. The quantitative estimate of drug-likeness (QED) is 0.307. The molecule has 0 radical (unpaired) electrons. The number of hydrogen-bond acceptors (Lipinski definition) is 4. The summed E-state index contributed by atoms with van der Waals surface area (Å²) in [5, 5.41) is 7.93. The van der Waals surface area contributed by atoms with Gasteiger partial charge in [-0.1, -0.05) is 88.0 Å². The van der Waals surface area contributed by atoms with Gasteiger partial charge >= 0.3 is 0 Å². The van der Waals surface area contributed by atoms with Crippen LogP contribution in [-0.4, -0.2) is 29.6 Å². The smallest absolute Gasteiger partial charge is 0.169 e. The third kappa shape index (κ3) is 7.70. The standard InChI is InChI=1S/C25H24Cl2N2O2.C4H10.CH5N/c1-4-19(24(30)17-9-16-10-18(26)6-8-23(16)31-13-17)20-7-5-15(11-21(20)14(2)3)22-12-28-29-25(22)27;1-3-4-2;1-2/h4-8,10-12,14,17H,9,13H2,1-3H3,(H,28,29);3-4H2,1-2H3;2H2,1H3/b19-4+;;. The van der Waals surface area contributed by atoms with Gasteiger partial charge in [-0.3, -0.25) is 9.89 Å². The molecule has 0 amide bonds. The Morgan fingerprint density at radius 3 is 2.43 bits per heavy atom. The summed E-state index contributed by atoms with van der Waals surface area (Å²) in [4.78, 5) is 13.5. The number of nitrogens with two attached hydrogens (primary N) is 1. The van der Waals surface area contributed by atoms with Gasteiger partial charge in [0.1, 0.15) is 10.9 Å². The summed E-state index contributed by atoms with van der Waals surface area (Å²) in [6, 6.07) is 11.7. The predicted octanol–water partition coefficient (Wildman–Crippen LogP) is 8.11. The Hall–Kier alpha value is -2.60. The van der Waals surface area contributed by atoms with Crippen LogP contribution < -0.4 is 10.5 Å². The number of halogens is 2. The van der Waals surface area contributed by atoms with E-state index in [4.69, 9.17) is 27.9 Å². The summed E-state index contributed by atoms with van der Waals surface area (Å²) >= 11 is 12.4. The number of nitrogens with zero attached hydrogens (tertiary/aromatic N) is 1. The second-order valence-corrected chi connectivity index (χ2v) is 9.90. The Bertz CT molecular complexity index is 1200. The number of H-pyrrole nitrogens is 1. The number of nitrogens with one attached hydrogen (secondary N) is 1. The molecule has 0 spiro atoms. The maximum absolute atomic E-state index is 13.5. The number of aromatic nitrogens is 2. The zero-order valence-corrected chi connectivity index (χ0v) is 24.2. The summed E-state index contributed by atoms with van der Waals surface area (Å²) in [5.41, 5.74) is 10.0. The van der Waals surface area contributed by atoms with Crippen molar-refractivity contribution in [2.24, 2.45) is 11.7 Å². The van der Waals surface area contributed by atoms with Crippen molar-refractivity contribution in [1.82, 2.24) is 10.2 Å². The number of rotatable bonds is 6. The molecule has 1 aromatic heterocycles. The number of ether oxygens (including phenoxy) is 1.